The molecule has 0 aromatic rings. The Morgan fingerprint density at radius 1 is 1.54 bits per heavy atom. The second-order valence-corrected chi connectivity index (χ2v) is 4.63. The Kier molecular flexibility index (Phi) is 4.06. The van der Waals surface area contributed by atoms with Crippen molar-refractivity contribution in [1.82, 2.24) is 4.90 Å². The van der Waals surface area contributed by atoms with Crippen molar-refractivity contribution in [3.05, 3.63) is 0 Å². The van der Waals surface area contributed by atoms with Gasteiger partial charge in [0.05, 0.1) is 0 Å². The Balaban J connectivity index is 2.30. The molecule has 0 aromatic heterocycles. The van der Waals surface area contributed by atoms with Gasteiger partial charge in [0.1, 0.15) is 5.78 Å². The number of nitrogens with zero attached hydrogens (tertiary/aromatic N) is 1. The van der Waals surface area contributed by atoms with E-state index < -0.39 is 0 Å². The fraction of sp³-hybridized carbons (Fsp3) is 0.778. The molecule has 74 valence electrons. The Morgan fingerprint density at radius 2 is 2.08 bits per heavy atom. The van der Waals surface area contributed by atoms with Crippen LogP contribution >= 0.6 is 12.2 Å². The van der Waals surface area contributed by atoms with E-state index in [2.05, 4.69) is 0 Å². The third kappa shape index (κ3) is 3.56. The molecule has 1 rings (SSSR count). The van der Waals surface area contributed by atoms with Crippen LogP contribution in [0.25, 0.3) is 0 Å². The summed E-state index contributed by atoms with van der Waals surface area (Å²) in [5.74, 6) is 0.845. The van der Waals surface area contributed by atoms with Crippen LogP contribution in [0.1, 0.15) is 26.2 Å². The van der Waals surface area contributed by atoms with Gasteiger partial charge < -0.3 is 34.5 Å². The minimum absolute atomic E-state index is 0.291. The van der Waals surface area contributed by atoms with Gasteiger partial charge in [0.15, 0.2) is 0 Å². The van der Waals surface area contributed by atoms with Gasteiger partial charge in [0.25, 0.3) is 0 Å². The van der Waals surface area contributed by atoms with Crippen molar-refractivity contribution in [1.29, 1.82) is 0 Å². The molecule has 0 amide bonds. The number of carbonyl (C=O) groups excluding carboxylic acids is 1. The van der Waals surface area contributed by atoms with Crippen molar-refractivity contribution in [2.45, 2.75) is 26.2 Å². The zero-order valence-electron chi connectivity index (χ0n) is 7.78. The first kappa shape index (κ1) is 10.9. The molecule has 0 radical (unpaired) electrons. The quantitative estimate of drug-likeness (QED) is 0.515. The van der Waals surface area contributed by atoms with Crippen LogP contribution in [0.4, 0.5) is 0 Å². The van der Waals surface area contributed by atoms with Gasteiger partial charge >= 0.3 is 0 Å². The summed E-state index contributed by atoms with van der Waals surface area (Å²) in [7, 11) is 0. The summed E-state index contributed by atoms with van der Waals surface area (Å²) in [6, 6.07) is 0. The molecule has 1 heterocycles. The number of carbonyl (C=O) groups is 1. The van der Waals surface area contributed by atoms with E-state index in [1.165, 1.54) is 0 Å². The van der Waals surface area contributed by atoms with Gasteiger partial charge in [-0.15, -0.1) is 0 Å². The summed E-state index contributed by atoms with van der Waals surface area (Å²) in [4.78, 5) is 12.9. The number of ketones is 1. The van der Waals surface area contributed by atoms with Gasteiger partial charge in [-0.05, 0) is 25.7 Å². The van der Waals surface area contributed by atoms with Crippen LogP contribution in [0.5, 0.6) is 0 Å². The van der Waals surface area contributed by atoms with E-state index in [1.807, 2.05) is 4.90 Å². The molecule has 0 aliphatic carbocycles. The predicted octanol–water partition coefficient (Wildman–Crippen LogP) is 1.51. The highest BCUT2D eigenvalue weighted by atomic mass is 32.1. The molecule has 0 saturated carbocycles. The molecule has 1 saturated heterocycles. The zero-order valence-corrected chi connectivity index (χ0v) is 9.42. The normalized spacial score (nSPS) is 18.7. The Hall–Kier alpha value is -0.220. The number of piperidine rings is 1. The average molecular weight is 216 g/mol. The van der Waals surface area contributed by atoms with E-state index in [-0.39, 0.29) is 0 Å². The molecule has 0 bridgehead atoms. The third-order valence-electron chi connectivity index (χ3n) is 2.45. The second kappa shape index (κ2) is 4.86. The van der Waals surface area contributed by atoms with Gasteiger partial charge in [-0.25, -0.2) is 0 Å². The Labute approximate surface area is 90.1 Å². The average Bonchev–Trinajstić information content (AvgIpc) is 2.04. The molecule has 13 heavy (non-hydrogen) atoms. The molecule has 2 nitrogen and oxygen atoms in total. The third-order valence-corrected chi connectivity index (χ3v) is 2.97. The van der Waals surface area contributed by atoms with Gasteiger partial charge in [0.2, 0.25) is 0 Å². The molecule has 0 spiro atoms. The van der Waals surface area contributed by atoms with Crippen LogP contribution in [0, 0.1) is 5.92 Å². The lowest BCUT2D eigenvalue weighted by molar-refractivity contribution is -0.118. The van der Waals surface area contributed by atoms with Crippen LogP contribution < -0.4 is 0 Å². The summed E-state index contributed by atoms with van der Waals surface area (Å²) >= 11 is 9.83. The smallest absolute Gasteiger partial charge is 0.130 e. The lowest BCUT2D eigenvalue weighted by Crippen LogP contribution is -2.36. The maximum atomic E-state index is 10.9. The first-order valence-corrected chi connectivity index (χ1v) is 5.36. The summed E-state index contributed by atoms with van der Waals surface area (Å²) in [6.45, 7) is 3.52. The van der Waals surface area contributed by atoms with Crippen LogP contribution in [0.15, 0.2) is 0 Å². The molecule has 4 heteroatoms. The Bertz CT molecular complexity index is 210. The molecule has 1 aliphatic rings. The Morgan fingerprint density at radius 3 is 2.46 bits per heavy atom. The summed E-state index contributed by atoms with van der Waals surface area (Å²) < 4.78 is 0.571. The summed E-state index contributed by atoms with van der Waals surface area (Å²) in [5.41, 5.74) is 0. The first-order valence-electron chi connectivity index (χ1n) is 4.55. The van der Waals surface area contributed by atoms with Crippen LogP contribution in [-0.2, 0) is 17.4 Å². The van der Waals surface area contributed by atoms with Gasteiger partial charge in [-0.1, -0.05) is 4.32 Å². The number of hydrogen-bond donors (Lipinski definition) is 0. The molecule has 1 aliphatic heterocycles. The van der Waals surface area contributed by atoms with Gasteiger partial charge in [-0.2, -0.15) is 0 Å². The maximum Gasteiger partial charge on any atom is 0.130 e. The molecular weight excluding hydrogens is 202 g/mol. The lowest BCUT2D eigenvalue weighted by atomic mass is 9.92. The van der Waals surface area contributed by atoms with E-state index in [0.29, 0.717) is 16.0 Å². The lowest BCUT2D eigenvalue weighted by Gasteiger charge is -2.35. The van der Waals surface area contributed by atoms with Crippen molar-refractivity contribution < 1.29 is 4.79 Å². The van der Waals surface area contributed by atoms with E-state index in [9.17, 15) is 4.79 Å². The van der Waals surface area contributed by atoms with Crippen molar-refractivity contribution in [2.75, 3.05) is 13.1 Å². The number of likely N-dealkylation sites (tertiary alicyclic amines) is 1. The highest BCUT2D eigenvalue weighted by Crippen LogP contribution is 2.20. The molecule has 0 aromatic carbocycles. The van der Waals surface area contributed by atoms with Crippen molar-refractivity contribution >= 4 is 35.0 Å². The van der Waals surface area contributed by atoms with Crippen LogP contribution in [0.3, 0.4) is 0 Å². The molecule has 0 unspecified atom stereocenters. The van der Waals surface area contributed by atoms with E-state index in [4.69, 9.17) is 24.8 Å². The number of Topliss-reactive ketones (excluding diaryl/α,β-unsaturated/α-hetero) is 1. The highest BCUT2D eigenvalue weighted by Gasteiger charge is 2.18. The fourth-order valence-corrected chi connectivity index (χ4v) is 2.09. The van der Waals surface area contributed by atoms with E-state index in [0.717, 1.165) is 32.4 Å². The standard InChI is InChI=1S/C9H15NOS2/c1-7(11)6-8-2-4-10(5-3-8)9(12)13/h8H,2-6H2,1H3,(H,12,13)/p-1. The van der Waals surface area contributed by atoms with Gasteiger partial charge in [-0.3, -0.25) is 0 Å². The van der Waals surface area contributed by atoms with E-state index in [1.54, 1.807) is 6.92 Å². The van der Waals surface area contributed by atoms with Crippen molar-refractivity contribution in [3.8, 4) is 0 Å². The van der Waals surface area contributed by atoms with E-state index >= 15 is 0 Å². The molecule has 0 atom stereocenters. The maximum absolute atomic E-state index is 10.9. The topological polar surface area (TPSA) is 20.3 Å². The second-order valence-electron chi connectivity index (χ2n) is 3.60. The highest BCUT2D eigenvalue weighted by molar-refractivity contribution is 8.00. The minimum Gasteiger partial charge on any atom is -0.411 e. The monoisotopic (exact) mass is 216 g/mol. The SMILES string of the molecule is CC(=O)CC1CCN(C(=S)[S-])CC1. The zero-order chi connectivity index (χ0) is 9.84. The summed E-state index contributed by atoms with van der Waals surface area (Å²) in [6.07, 6.45) is 2.82. The number of hydrogen-bond acceptors (Lipinski definition) is 3. The minimum atomic E-state index is 0.291. The number of thiocarbonyl (C=S) groups is 1. The van der Waals surface area contributed by atoms with Crippen molar-refractivity contribution in [2.24, 2.45) is 5.92 Å². The first-order chi connectivity index (χ1) is 6.09. The summed E-state index contributed by atoms with van der Waals surface area (Å²) in [5, 5.41) is 0. The molecule has 1 fully saturated rings. The number of rotatable bonds is 2. The molecule has 0 N–H and O–H groups in total. The fourth-order valence-electron chi connectivity index (χ4n) is 1.73. The largest absolute Gasteiger partial charge is 0.411 e. The van der Waals surface area contributed by atoms with Crippen LogP contribution in [-0.4, -0.2) is 28.1 Å². The van der Waals surface area contributed by atoms with Crippen LogP contribution in [0.2, 0.25) is 0 Å². The van der Waals surface area contributed by atoms with Gasteiger partial charge in [0, 0.05) is 19.5 Å². The molecular formula is C9H14NOS2-. The van der Waals surface area contributed by atoms with Crippen molar-refractivity contribution in [3.63, 3.8) is 0 Å². The predicted molar refractivity (Wildman–Crippen MR) is 59.6 cm³/mol.